The fourth-order valence-electron chi connectivity index (χ4n) is 3.66. The number of rotatable bonds is 6. The standard InChI is InChI=1S/C25H19N3O2S/c1-17-11-13-31-23(17)16-28(15-19-8-5-12-29-19)25-22(14-26)27-24(30-25)21-10-4-7-18-6-2-3-9-20(18)21/h2-13H,15-16H2,1H3. The highest BCUT2D eigenvalue weighted by molar-refractivity contribution is 7.10. The summed E-state index contributed by atoms with van der Waals surface area (Å²) in [7, 11) is 0. The number of nitriles is 1. The predicted molar refractivity (Wildman–Crippen MR) is 122 cm³/mol. The molecule has 5 nitrogen and oxygen atoms in total. The fraction of sp³-hybridized carbons (Fsp3) is 0.120. The number of nitrogens with zero attached hydrogens (tertiary/aromatic N) is 3. The number of aromatic nitrogens is 1. The van der Waals surface area contributed by atoms with Gasteiger partial charge in [0.05, 0.1) is 19.4 Å². The van der Waals surface area contributed by atoms with Gasteiger partial charge in [-0.05, 0) is 52.9 Å². The van der Waals surface area contributed by atoms with E-state index < -0.39 is 0 Å². The number of oxazole rings is 1. The molecule has 0 N–H and O–H groups in total. The lowest BCUT2D eigenvalue weighted by Gasteiger charge is -2.20. The van der Waals surface area contributed by atoms with Crippen molar-refractivity contribution >= 4 is 28.0 Å². The van der Waals surface area contributed by atoms with Gasteiger partial charge in [-0.25, -0.2) is 0 Å². The zero-order valence-corrected chi connectivity index (χ0v) is 17.7. The zero-order chi connectivity index (χ0) is 21.2. The van der Waals surface area contributed by atoms with Gasteiger partial charge in [0.1, 0.15) is 11.8 Å². The molecule has 5 aromatic rings. The van der Waals surface area contributed by atoms with Crippen LogP contribution in [0, 0.1) is 18.3 Å². The van der Waals surface area contributed by atoms with Gasteiger partial charge in [-0.1, -0.05) is 36.4 Å². The average molecular weight is 426 g/mol. The highest BCUT2D eigenvalue weighted by Crippen LogP contribution is 2.34. The highest BCUT2D eigenvalue weighted by Gasteiger charge is 2.23. The summed E-state index contributed by atoms with van der Waals surface area (Å²) in [5, 5.41) is 14.0. The maximum absolute atomic E-state index is 9.83. The van der Waals surface area contributed by atoms with Gasteiger partial charge in [-0.2, -0.15) is 10.2 Å². The van der Waals surface area contributed by atoms with Crippen molar-refractivity contribution in [1.29, 1.82) is 5.26 Å². The number of hydrogen-bond donors (Lipinski definition) is 0. The van der Waals surface area contributed by atoms with Crippen LogP contribution in [0.3, 0.4) is 0 Å². The molecule has 0 atom stereocenters. The summed E-state index contributed by atoms with van der Waals surface area (Å²) < 4.78 is 11.8. The van der Waals surface area contributed by atoms with Gasteiger partial charge in [0.15, 0.2) is 0 Å². The molecule has 0 aliphatic rings. The Bertz CT molecular complexity index is 1370. The molecule has 0 amide bonds. The van der Waals surface area contributed by atoms with Crippen molar-refractivity contribution in [3.63, 3.8) is 0 Å². The Morgan fingerprint density at radius 3 is 2.68 bits per heavy atom. The molecule has 0 unspecified atom stereocenters. The summed E-state index contributed by atoms with van der Waals surface area (Å²) in [6, 6.07) is 22.2. The monoisotopic (exact) mass is 425 g/mol. The van der Waals surface area contributed by atoms with Crippen molar-refractivity contribution in [3.8, 4) is 17.5 Å². The summed E-state index contributed by atoms with van der Waals surface area (Å²) in [6.07, 6.45) is 1.65. The summed E-state index contributed by atoms with van der Waals surface area (Å²) in [5.41, 5.74) is 2.34. The molecular formula is C25H19N3O2S. The van der Waals surface area contributed by atoms with E-state index in [-0.39, 0.29) is 5.69 Å². The second-order valence-corrected chi connectivity index (χ2v) is 8.27. The second kappa shape index (κ2) is 8.13. The van der Waals surface area contributed by atoms with Crippen LogP contribution in [0.25, 0.3) is 22.2 Å². The minimum absolute atomic E-state index is 0.267. The average Bonchev–Trinajstić information content (AvgIpc) is 3.54. The molecule has 0 spiro atoms. The molecule has 6 heteroatoms. The van der Waals surface area contributed by atoms with Crippen LogP contribution in [0.1, 0.15) is 21.9 Å². The van der Waals surface area contributed by atoms with E-state index in [4.69, 9.17) is 8.83 Å². The van der Waals surface area contributed by atoms with E-state index in [0.29, 0.717) is 24.9 Å². The fourth-order valence-corrected chi connectivity index (χ4v) is 4.58. The van der Waals surface area contributed by atoms with Gasteiger partial charge in [-0.15, -0.1) is 11.3 Å². The molecule has 0 saturated heterocycles. The zero-order valence-electron chi connectivity index (χ0n) is 16.9. The number of anilines is 1. The Morgan fingerprint density at radius 1 is 1.03 bits per heavy atom. The minimum atomic E-state index is 0.267. The van der Waals surface area contributed by atoms with Crippen molar-refractivity contribution in [2.45, 2.75) is 20.0 Å². The maximum atomic E-state index is 9.83. The Kier molecular flexibility index (Phi) is 5.03. The summed E-state index contributed by atoms with van der Waals surface area (Å²) in [4.78, 5) is 7.77. The van der Waals surface area contributed by atoms with E-state index in [0.717, 1.165) is 22.1 Å². The number of aryl methyl sites for hydroxylation is 1. The predicted octanol–water partition coefficient (Wildman–Crippen LogP) is 6.54. The van der Waals surface area contributed by atoms with E-state index in [1.165, 1.54) is 10.4 Å². The lowest BCUT2D eigenvalue weighted by Crippen LogP contribution is -2.22. The van der Waals surface area contributed by atoms with E-state index >= 15 is 0 Å². The van der Waals surface area contributed by atoms with Crippen molar-refractivity contribution < 1.29 is 8.83 Å². The van der Waals surface area contributed by atoms with Gasteiger partial charge in [-0.3, -0.25) is 0 Å². The smallest absolute Gasteiger partial charge is 0.235 e. The van der Waals surface area contributed by atoms with Crippen LogP contribution in [-0.2, 0) is 13.1 Å². The Balaban J connectivity index is 1.60. The normalized spacial score (nSPS) is 11.0. The molecule has 31 heavy (non-hydrogen) atoms. The molecule has 0 aliphatic carbocycles. The van der Waals surface area contributed by atoms with Crippen molar-refractivity contribution in [2.75, 3.05) is 4.90 Å². The van der Waals surface area contributed by atoms with Crippen molar-refractivity contribution in [1.82, 2.24) is 4.98 Å². The molecule has 2 aromatic carbocycles. The Labute approximate surface area is 183 Å². The summed E-state index contributed by atoms with van der Waals surface area (Å²) in [6.45, 7) is 3.16. The third-order valence-electron chi connectivity index (χ3n) is 5.25. The highest BCUT2D eigenvalue weighted by atomic mass is 32.1. The molecule has 0 bridgehead atoms. The molecule has 0 aliphatic heterocycles. The number of hydrogen-bond acceptors (Lipinski definition) is 6. The van der Waals surface area contributed by atoms with Crippen LogP contribution < -0.4 is 4.90 Å². The first-order valence-corrected chi connectivity index (χ1v) is 10.8. The van der Waals surface area contributed by atoms with E-state index in [1.807, 2.05) is 47.4 Å². The first-order valence-electron chi connectivity index (χ1n) is 9.92. The lowest BCUT2D eigenvalue weighted by molar-refractivity contribution is 0.483. The van der Waals surface area contributed by atoms with Crippen molar-refractivity contribution in [2.24, 2.45) is 0 Å². The maximum Gasteiger partial charge on any atom is 0.235 e. The first-order chi connectivity index (χ1) is 15.2. The van der Waals surface area contributed by atoms with Gasteiger partial charge < -0.3 is 13.7 Å². The van der Waals surface area contributed by atoms with Crippen LogP contribution in [0.4, 0.5) is 5.88 Å². The summed E-state index contributed by atoms with van der Waals surface area (Å²) in [5.74, 6) is 1.69. The van der Waals surface area contributed by atoms with Crippen LogP contribution in [0.2, 0.25) is 0 Å². The van der Waals surface area contributed by atoms with E-state index in [9.17, 15) is 5.26 Å². The molecule has 3 heterocycles. The van der Waals surface area contributed by atoms with Crippen LogP contribution in [-0.4, -0.2) is 4.98 Å². The molecule has 0 fully saturated rings. The Morgan fingerprint density at radius 2 is 1.90 bits per heavy atom. The van der Waals surface area contributed by atoms with Gasteiger partial charge >= 0.3 is 0 Å². The third kappa shape index (κ3) is 3.72. The topological polar surface area (TPSA) is 66.2 Å². The van der Waals surface area contributed by atoms with Crippen LogP contribution in [0.5, 0.6) is 0 Å². The van der Waals surface area contributed by atoms with Gasteiger partial charge in [0.2, 0.25) is 17.5 Å². The van der Waals surface area contributed by atoms with E-state index in [1.54, 1.807) is 17.6 Å². The quantitative estimate of drug-likeness (QED) is 0.309. The van der Waals surface area contributed by atoms with Crippen LogP contribution >= 0.6 is 11.3 Å². The third-order valence-corrected chi connectivity index (χ3v) is 6.26. The van der Waals surface area contributed by atoms with Crippen LogP contribution in [0.15, 0.2) is 81.1 Å². The first kappa shape index (κ1) is 19.2. The van der Waals surface area contributed by atoms with Gasteiger partial charge in [0.25, 0.3) is 0 Å². The molecular weight excluding hydrogens is 406 g/mol. The van der Waals surface area contributed by atoms with Gasteiger partial charge in [0, 0.05) is 10.4 Å². The molecule has 0 radical (unpaired) electrons. The minimum Gasteiger partial charge on any atom is -0.467 e. The number of thiophene rings is 1. The lowest BCUT2D eigenvalue weighted by atomic mass is 10.0. The molecule has 152 valence electrons. The SMILES string of the molecule is Cc1ccsc1CN(Cc1ccco1)c1oc(-c2cccc3ccccc23)nc1C#N. The van der Waals surface area contributed by atoms with Crippen molar-refractivity contribution in [3.05, 3.63) is 94.2 Å². The molecule has 5 rings (SSSR count). The number of benzene rings is 2. The summed E-state index contributed by atoms with van der Waals surface area (Å²) >= 11 is 1.69. The molecule has 0 saturated carbocycles. The largest absolute Gasteiger partial charge is 0.467 e. The molecule has 3 aromatic heterocycles. The van der Waals surface area contributed by atoms with E-state index in [2.05, 4.69) is 41.6 Å². The number of furan rings is 1. The Hall–Kier alpha value is -3.82. The number of fused-ring (bicyclic) bond motifs is 1. The second-order valence-electron chi connectivity index (χ2n) is 7.27.